The molecule has 2 N–H and O–H groups in total. The summed E-state index contributed by atoms with van der Waals surface area (Å²) in [4.78, 5) is 0. The predicted octanol–water partition coefficient (Wildman–Crippen LogP) is 5.01. The van der Waals surface area contributed by atoms with Crippen LogP contribution in [0.15, 0.2) is 65.8 Å². The summed E-state index contributed by atoms with van der Waals surface area (Å²) in [5.41, 5.74) is 5.44. The molecule has 6 heteroatoms. The third-order valence-electron chi connectivity index (χ3n) is 3.10. The maximum Gasteiger partial charge on any atom is 0.193 e. The molecule has 122 valence electrons. The minimum atomic E-state index is -1.49. The smallest absolute Gasteiger partial charge is 0.193 e. The van der Waals surface area contributed by atoms with Gasteiger partial charge in [0.2, 0.25) is 0 Å². The molecule has 0 saturated carbocycles. The van der Waals surface area contributed by atoms with Crippen molar-refractivity contribution in [1.82, 2.24) is 0 Å². The Morgan fingerprint density at radius 2 is 1.57 bits per heavy atom. The highest BCUT2D eigenvalue weighted by atomic mass is 35.6. The molecular formula is C17H17Cl3N2O. The molecule has 2 aromatic rings. The van der Waals surface area contributed by atoms with Gasteiger partial charge in [-0.25, -0.2) is 0 Å². The molecule has 0 fully saturated rings. The number of para-hydroxylation sites is 1. The third kappa shape index (κ3) is 6.80. The number of anilines is 1. The molecule has 1 unspecified atom stereocenters. The zero-order valence-electron chi connectivity index (χ0n) is 12.3. The van der Waals surface area contributed by atoms with E-state index in [-0.39, 0.29) is 12.8 Å². The molecule has 0 bridgehead atoms. The maximum atomic E-state index is 10.2. The van der Waals surface area contributed by atoms with Crippen LogP contribution < -0.4 is 5.43 Å². The number of hydrazone groups is 1. The number of benzene rings is 2. The van der Waals surface area contributed by atoms with E-state index in [0.717, 1.165) is 11.3 Å². The average Bonchev–Trinajstić information content (AvgIpc) is 2.51. The number of hydrogen-bond donors (Lipinski definition) is 2. The number of hydrogen-bond acceptors (Lipinski definition) is 3. The van der Waals surface area contributed by atoms with Gasteiger partial charge < -0.3 is 5.11 Å². The average molecular weight is 372 g/mol. The Labute approximate surface area is 150 Å². The second kappa shape index (κ2) is 8.55. The van der Waals surface area contributed by atoms with E-state index in [2.05, 4.69) is 10.5 Å². The van der Waals surface area contributed by atoms with Gasteiger partial charge in [0, 0.05) is 12.8 Å². The van der Waals surface area contributed by atoms with Crippen LogP contribution >= 0.6 is 34.8 Å². The highest BCUT2D eigenvalue weighted by Gasteiger charge is 2.25. The lowest BCUT2D eigenvalue weighted by atomic mass is 10.0. The molecule has 0 spiro atoms. The lowest BCUT2D eigenvalue weighted by Gasteiger charge is -2.17. The van der Waals surface area contributed by atoms with Crippen LogP contribution in [0.1, 0.15) is 18.4 Å². The fraction of sp³-hybridized carbons (Fsp3) is 0.235. The second-order valence-corrected chi connectivity index (χ2v) is 7.60. The number of nitrogens with one attached hydrogen (secondary N) is 1. The first-order valence-electron chi connectivity index (χ1n) is 7.12. The van der Waals surface area contributed by atoms with Crippen molar-refractivity contribution in [2.45, 2.75) is 22.7 Å². The van der Waals surface area contributed by atoms with Crippen LogP contribution in [0, 0.1) is 0 Å². The van der Waals surface area contributed by atoms with Gasteiger partial charge in [-0.15, -0.1) is 0 Å². The van der Waals surface area contributed by atoms with Crippen LogP contribution in [0.5, 0.6) is 0 Å². The van der Waals surface area contributed by atoms with Gasteiger partial charge in [0.25, 0.3) is 0 Å². The molecule has 0 aliphatic rings. The third-order valence-corrected chi connectivity index (χ3v) is 3.56. The van der Waals surface area contributed by atoms with Gasteiger partial charge in [-0.2, -0.15) is 5.10 Å². The Hall–Kier alpha value is -1.26. The largest absolute Gasteiger partial charge is 0.393 e. The van der Waals surface area contributed by atoms with E-state index in [1.165, 1.54) is 0 Å². The Kier molecular flexibility index (Phi) is 6.72. The molecule has 0 aliphatic heterocycles. The van der Waals surface area contributed by atoms with Gasteiger partial charge in [-0.1, -0.05) is 83.3 Å². The Bertz CT molecular complexity index is 627. The molecule has 3 nitrogen and oxygen atoms in total. The summed E-state index contributed by atoms with van der Waals surface area (Å²) in [7, 11) is 0. The van der Waals surface area contributed by atoms with Crippen molar-refractivity contribution < 1.29 is 5.11 Å². The monoisotopic (exact) mass is 370 g/mol. The van der Waals surface area contributed by atoms with Crippen molar-refractivity contribution in [2.75, 3.05) is 5.43 Å². The van der Waals surface area contributed by atoms with Crippen LogP contribution in [-0.4, -0.2) is 20.7 Å². The first-order valence-corrected chi connectivity index (χ1v) is 8.25. The summed E-state index contributed by atoms with van der Waals surface area (Å²) >= 11 is 17.2. The normalized spacial score (nSPS) is 13.7. The molecule has 2 rings (SSSR count). The minimum absolute atomic E-state index is 0.0366. The van der Waals surface area contributed by atoms with Gasteiger partial charge in [0.1, 0.15) is 0 Å². The molecule has 0 aromatic heterocycles. The first-order chi connectivity index (χ1) is 10.9. The number of aliphatic hydroxyl groups excluding tert-OH is 1. The van der Waals surface area contributed by atoms with Gasteiger partial charge in [0.05, 0.1) is 17.5 Å². The Morgan fingerprint density at radius 1 is 1.00 bits per heavy atom. The lowest BCUT2D eigenvalue weighted by Crippen LogP contribution is -2.21. The van der Waals surface area contributed by atoms with E-state index >= 15 is 0 Å². The van der Waals surface area contributed by atoms with Crippen molar-refractivity contribution in [3.05, 3.63) is 66.2 Å². The molecule has 0 amide bonds. The van der Waals surface area contributed by atoms with E-state index in [9.17, 15) is 5.11 Å². The SMILES string of the molecule is OC(C/C(=N/Nc1ccccc1)c1ccccc1)CC(Cl)(Cl)Cl. The van der Waals surface area contributed by atoms with Gasteiger partial charge in [-0.05, 0) is 17.7 Å². The molecule has 0 aliphatic carbocycles. The summed E-state index contributed by atoms with van der Waals surface area (Å²) in [5, 5.41) is 14.6. The van der Waals surface area contributed by atoms with Gasteiger partial charge in [-0.3, -0.25) is 5.43 Å². The number of alkyl halides is 3. The van der Waals surface area contributed by atoms with E-state index in [4.69, 9.17) is 34.8 Å². The Morgan fingerprint density at radius 3 is 2.13 bits per heavy atom. The summed E-state index contributed by atoms with van der Waals surface area (Å²) in [6.07, 6.45) is -0.494. The molecule has 23 heavy (non-hydrogen) atoms. The van der Waals surface area contributed by atoms with E-state index < -0.39 is 9.90 Å². The summed E-state index contributed by atoms with van der Waals surface area (Å²) < 4.78 is -1.49. The van der Waals surface area contributed by atoms with E-state index in [1.807, 2.05) is 60.7 Å². The quantitative estimate of drug-likeness (QED) is 0.426. The fourth-order valence-corrected chi connectivity index (χ4v) is 2.60. The van der Waals surface area contributed by atoms with Crippen LogP contribution in [-0.2, 0) is 0 Å². The zero-order valence-corrected chi connectivity index (χ0v) is 14.6. The molecule has 0 heterocycles. The van der Waals surface area contributed by atoms with Gasteiger partial charge >= 0.3 is 0 Å². The highest BCUT2D eigenvalue weighted by Crippen LogP contribution is 2.32. The first kappa shape index (κ1) is 18.1. The van der Waals surface area contributed by atoms with Crippen LogP contribution in [0.2, 0.25) is 0 Å². The predicted molar refractivity (Wildman–Crippen MR) is 98.6 cm³/mol. The standard InChI is InChI=1S/C17H17Cl3N2O/c18-17(19,20)12-15(23)11-16(13-7-3-1-4-8-13)22-21-14-9-5-2-6-10-14/h1-10,15,21,23H,11-12H2/b22-16-. The number of rotatable bonds is 6. The molecule has 2 aromatic carbocycles. The van der Waals surface area contributed by atoms with Crippen molar-refractivity contribution in [2.24, 2.45) is 5.10 Å². The van der Waals surface area contributed by atoms with E-state index in [0.29, 0.717) is 5.71 Å². The van der Waals surface area contributed by atoms with E-state index in [1.54, 1.807) is 0 Å². The lowest BCUT2D eigenvalue weighted by molar-refractivity contribution is 0.174. The maximum absolute atomic E-state index is 10.2. The van der Waals surface area contributed by atoms with Crippen molar-refractivity contribution in [3.63, 3.8) is 0 Å². The summed E-state index contributed by atoms with van der Waals surface area (Å²) in [6.45, 7) is 0. The molecule has 0 saturated heterocycles. The van der Waals surface area contributed by atoms with Crippen molar-refractivity contribution in [1.29, 1.82) is 0 Å². The van der Waals surface area contributed by atoms with Crippen LogP contribution in [0.3, 0.4) is 0 Å². The molecular weight excluding hydrogens is 355 g/mol. The van der Waals surface area contributed by atoms with Crippen molar-refractivity contribution >= 4 is 46.2 Å². The van der Waals surface area contributed by atoms with Crippen LogP contribution in [0.4, 0.5) is 5.69 Å². The fourth-order valence-electron chi connectivity index (χ4n) is 2.07. The molecule has 0 radical (unpaired) electrons. The second-order valence-electron chi connectivity index (χ2n) is 5.08. The number of aliphatic hydroxyl groups is 1. The number of halogens is 3. The zero-order chi connectivity index (χ0) is 16.7. The van der Waals surface area contributed by atoms with Gasteiger partial charge in [0.15, 0.2) is 3.79 Å². The topological polar surface area (TPSA) is 44.6 Å². The number of nitrogens with zero attached hydrogens (tertiary/aromatic N) is 1. The van der Waals surface area contributed by atoms with Crippen molar-refractivity contribution in [3.8, 4) is 0 Å². The summed E-state index contributed by atoms with van der Waals surface area (Å²) in [5.74, 6) is 0. The Balaban J connectivity index is 2.15. The van der Waals surface area contributed by atoms with Crippen LogP contribution in [0.25, 0.3) is 0 Å². The highest BCUT2D eigenvalue weighted by molar-refractivity contribution is 6.67. The minimum Gasteiger partial charge on any atom is -0.393 e. The molecule has 1 atom stereocenters. The summed E-state index contributed by atoms with van der Waals surface area (Å²) in [6, 6.07) is 19.2.